The molecule has 0 aromatic heterocycles. The van der Waals surface area contributed by atoms with E-state index in [-0.39, 0.29) is 12.5 Å². The summed E-state index contributed by atoms with van der Waals surface area (Å²) in [6, 6.07) is 12.3. The Hall–Kier alpha value is -2.91. The maximum absolute atomic E-state index is 13.7. The van der Waals surface area contributed by atoms with Crippen molar-refractivity contribution in [3.05, 3.63) is 64.7 Å². The zero-order chi connectivity index (χ0) is 26.3. The zero-order valence-electron chi connectivity index (χ0n) is 21.8. The molecular formula is C26H38N4O4S. The Kier molecular flexibility index (Phi) is 9.85. The molecule has 0 spiro atoms. The summed E-state index contributed by atoms with van der Waals surface area (Å²) in [4.78, 5) is 28.0. The van der Waals surface area contributed by atoms with Crippen LogP contribution in [0.4, 0.5) is 5.69 Å². The normalized spacial score (nSPS) is 12.3. The van der Waals surface area contributed by atoms with Gasteiger partial charge in [0.25, 0.3) is 0 Å². The quantitative estimate of drug-likeness (QED) is 0.511. The fraction of sp³-hybridized carbons (Fsp3) is 0.462. The van der Waals surface area contributed by atoms with Gasteiger partial charge in [-0.3, -0.25) is 9.59 Å². The second kappa shape index (κ2) is 12.2. The van der Waals surface area contributed by atoms with E-state index >= 15 is 0 Å². The van der Waals surface area contributed by atoms with E-state index in [1.54, 1.807) is 13.0 Å². The lowest BCUT2D eigenvalue weighted by atomic mass is 10.1. The van der Waals surface area contributed by atoms with Gasteiger partial charge in [0.1, 0.15) is 12.6 Å². The number of carbonyl (C=O) groups excluding carboxylic acids is 2. The SMILES string of the molecule is CCCNC(=O)C(C)N(Cc1ccccc1C)C(=O)CN(c1cc(C)ccc1C)S(=O)(=O)N(C)C. The summed E-state index contributed by atoms with van der Waals surface area (Å²) in [5, 5.41) is 2.84. The van der Waals surface area contributed by atoms with Crippen molar-refractivity contribution in [2.24, 2.45) is 0 Å². The van der Waals surface area contributed by atoms with E-state index in [9.17, 15) is 18.0 Å². The highest BCUT2D eigenvalue weighted by Gasteiger charge is 2.33. The Balaban J connectivity index is 2.51. The minimum atomic E-state index is -3.98. The number of anilines is 1. The van der Waals surface area contributed by atoms with Gasteiger partial charge in [-0.25, -0.2) is 4.31 Å². The van der Waals surface area contributed by atoms with E-state index in [1.165, 1.54) is 19.0 Å². The van der Waals surface area contributed by atoms with Crippen molar-refractivity contribution in [3.63, 3.8) is 0 Å². The number of aryl methyl sites for hydroxylation is 3. The fourth-order valence-electron chi connectivity index (χ4n) is 3.64. The summed E-state index contributed by atoms with van der Waals surface area (Å²) < 4.78 is 28.8. The van der Waals surface area contributed by atoms with Crippen LogP contribution in [0.5, 0.6) is 0 Å². The Morgan fingerprint density at radius 1 is 1.00 bits per heavy atom. The van der Waals surface area contributed by atoms with Gasteiger partial charge in [-0.2, -0.15) is 12.7 Å². The van der Waals surface area contributed by atoms with Crippen LogP contribution in [0, 0.1) is 20.8 Å². The summed E-state index contributed by atoms with van der Waals surface area (Å²) in [5.74, 6) is -0.735. The summed E-state index contributed by atoms with van der Waals surface area (Å²) in [7, 11) is -1.11. The summed E-state index contributed by atoms with van der Waals surface area (Å²) in [6.07, 6.45) is 0.770. The Labute approximate surface area is 210 Å². The Morgan fingerprint density at radius 2 is 1.66 bits per heavy atom. The monoisotopic (exact) mass is 502 g/mol. The van der Waals surface area contributed by atoms with Gasteiger partial charge in [-0.15, -0.1) is 0 Å². The van der Waals surface area contributed by atoms with Gasteiger partial charge < -0.3 is 10.2 Å². The van der Waals surface area contributed by atoms with Crippen LogP contribution in [-0.4, -0.2) is 62.7 Å². The topological polar surface area (TPSA) is 90.0 Å². The van der Waals surface area contributed by atoms with Crippen LogP contribution in [0.1, 0.15) is 42.5 Å². The smallest absolute Gasteiger partial charge is 0.304 e. The highest BCUT2D eigenvalue weighted by molar-refractivity contribution is 7.90. The number of nitrogens with one attached hydrogen (secondary N) is 1. The second-order valence-corrected chi connectivity index (χ2v) is 11.1. The molecule has 0 fully saturated rings. The molecule has 0 bridgehead atoms. The average molecular weight is 503 g/mol. The standard InChI is InChI=1S/C26H38N4O4S/c1-8-15-27-26(32)22(5)29(17-23-12-10-9-11-20(23)3)25(31)18-30(35(33,34)28(6)7)24-16-19(2)13-14-21(24)4/h9-14,16,22H,8,15,17-18H2,1-7H3,(H,27,32). The number of hydrogen-bond acceptors (Lipinski definition) is 4. The molecule has 0 heterocycles. The molecule has 8 nitrogen and oxygen atoms in total. The highest BCUT2D eigenvalue weighted by Crippen LogP contribution is 2.26. The van der Waals surface area contributed by atoms with Gasteiger partial charge in [0.05, 0.1) is 5.69 Å². The van der Waals surface area contributed by atoms with Crippen LogP contribution in [0.2, 0.25) is 0 Å². The van der Waals surface area contributed by atoms with Gasteiger partial charge in [-0.05, 0) is 62.4 Å². The zero-order valence-corrected chi connectivity index (χ0v) is 22.6. The third-order valence-electron chi connectivity index (χ3n) is 5.97. The molecule has 0 aliphatic heterocycles. The number of benzene rings is 2. The summed E-state index contributed by atoms with van der Waals surface area (Å²) in [6.45, 7) is 9.51. The first kappa shape index (κ1) is 28.3. The van der Waals surface area contributed by atoms with E-state index in [2.05, 4.69) is 5.32 Å². The molecule has 0 radical (unpaired) electrons. The molecule has 2 rings (SSSR count). The number of amides is 2. The van der Waals surface area contributed by atoms with E-state index in [0.717, 1.165) is 37.3 Å². The molecule has 0 aliphatic carbocycles. The molecule has 0 saturated carbocycles. The molecule has 35 heavy (non-hydrogen) atoms. The summed E-state index contributed by atoms with van der Waals surface area (Å²) >= 11 is 0. The second-order valence-electron chi connectivity index (χ2n) is 9.00. The van der Waals surface area contributed by atoms with Gasteiger partial charge in [0.2, 0.25) is 11.8 Å². The van der Waals surface area contributed by atoms with Crippen molar-refractivity contribution in [3.8, 4) is 0 Å². The van der Waals surface area contributed by atoms with Crippen LogP contribution in [0.15, 0.2) is 42.5 Å². The molecule has 2 aromatic carbocycles. The molecule has 1 unspecified atom stereocenters. The molecule has 0 saturated heterocycles. The first-order valence-electron chi connectivity index (χ1n) is 11.8. The summed E-state index contributed by atoms with van der Waals surface area (Å²) in [5.41, 5.74) is 3.92. The lowest BCUT2D eigenvalue weighted by molar-refractivity contribution is -0.139. The molecule has 1 atom stereocenters. The minimum Gasteiger partial charge on any atom is -0.354 e. The first-order valence-corrected chi connectivity index (χ1v) is 13.2. The molecular weight excluding hydrogens is 464 g/mol. The third kappa shape index (κ3) is 7.05. The average Bonchev–Trinajstić information content (AvgIpc) is 2.81. The van der Waals surface area contributed by atoms with Gasteiger partial charge >= 0.3 is 10.2 Å². The number of carbonyl (C=O) groups is 2. The van der Waals surface area contributed by atoms with Gasteiger partial charge in [0, 0.05) is 27.2 Å². The van der Waals surface area contributed by atoms with Crippen LogP contribution in [-0.2, 0) is 26.3 Å². The van der Waals surface area contributed by atoms with E-state index in [4.69, 9.17) is 0 Å². The largest absolute Gasteiger partial charge is 0.354 e. The van der Waals surface area contributed by atoms with Crippen LogP contribution < -0.4 is 9.62 Å². The van der Waals surface area contributed by atoms with Crippen molar-refractivity contribution in [1.82, 2.24) is 14.5 Å². The lowest BCUT2D eigenvalue weighted by Crippen LogP contribution is -2.52. The van der Waals surface area contributed by atoms with Crippen LogP contribution >= 0.6 is 0 Å². The predicted molar refractivity (Wildman–Crippen MR) is 140 cm³/mol. The van der Waals surface area contributed by atoms with Crippen molar-refractivity contribution in [1.29, 1.82) is 0 Å². The molecule has 0 aliphatic rings. The van der Waals surface area contributed by atoms with E-state index in [1.807, 2.05) is 64.1 Å². The number of rotatable bonds is 11. The molecule has 2 amide bonds. The fourth-order valence-corrected chi connectivity index (χ4v) is 4.75. The predicted octanol–water partition coefficient (Wildman–Crippen LogP) is 3.17. The van der Waals surface area contributed by atoms with Crippen molar-refractivity contribution < 1.29 is 18.0 Å². The van der Waals surface area contributed by atoms with Crippen molar-refractivity contribution in [2.75, 3.05) is 31.5 Å². The molecule has 9 heteroatoms. The molecule has 2 aromatic rings. The van der Waals surface area contributed by atoms with Gasteiger partial charge in [-0.1, -0.05) is 43.3 Å². The third-order valence-corrected chi connectivity index (χ3v) is 7.78. The maximum atomic E-state index is 13.7. The van der Waals surface area contributed by atoms with Gasteiger partial charge in [0.15, 0.2) is 0 Å². The van der Waals surface area contributed by atoms with E-state index < -0.39 is 28.7 Å². The molecule has 192 valence electrons. The first-order chi connectivity index (χ1) is 16.4. The number of hydrogen-bond donors (Lipinski definition) is 1. The van der Waals surface area contributed by atoms with E-state index in [0.29, 0.717) is 12.2 Å². The Morgan fingerprint density at radius 3 is 2.26 bits per heavy atom. The number of nitrogens with zero attached hydrogens (tertiary/aromatic N) is 3. The minimum absolute atomic E-state index is 0.189. The maximum Gasteiger partial charge on any atom is 0.304 e. The highest BCUT2D eigenvalue weighted by atomic mass is 32.2. The molecule has 1 N–H and O–H groups in total. The Bertz CT molecular complexity index is 1150. The lowest BCUT2D eigenvalue weighted by Gasteiger charge is -2.33. The van der Waals surface area contributed by atoms with Crippen molar-refractivity contribution >= 4 is 27.7 Å². The van der Waals surface area contributed by atoms with Crippen LogP contribution in [0.25, 0.3) is 0 Å². The van der Waals surface area contributed by atoms with Crippen LogP contribution in [0.3, 0.4) is 0 Å². The van der Waals surface area contributed by atoms with Crippen molar-refractivity contribution in [2.45, 2.75) is 53.6 Å².